The van der Waals surface area contributed by atoms with E-state index in [1.54, 1.807) is 7.11 Å². The van der Waals surface area contributed by atoms with Crippen LogP contribution < -0.4 is 5.73 Å². The summed E-state index contributed by atoms with van der Waals surface area (Å²) in [6.07, 6.45) is 2.01. The number of ether oxygens (including phenoxy) is 2. The van der Waals surface area contributed by atoms with Gasteiger partial charge in [0, 0.05) is 24.7 Å². The van der Waals surface area contributed by atoms with Crippen molar-refractivity contribution in [3.63, 3.8) is 0 Å². The van der Waals surface area contributed by atoms with E-state index in [1.807, 2.05) is 18.2 Å². The van der Waals surface area contributed by atoms with Gasteiger partial charge in [0.05, 0.1) is 24.2 Å². The Morgan fingerprint density at radius 3 is 2.90 bits per heavy atom. The van der Waals surface area contributed by atoms with Crippen molar-refractivity contribution in [1.29, 1.82) is 0 Å². The molecule has 1 heterocycles. The summed E-state index contributed by atoms with van der Waals surface area (Å²) in [6, 6.07) is 6.03. The minimum absolute atomic E-state index is 0.568. The molecule has 0 unspecified atom stereocenters. The van der Waals surface area contributed by atoms with Crippen molar-refractivity contribution in [3.05, 3.63) is 22.7 Å². The van der Waals surface area contributed by atoms with Gasteiger partial charge in [0.2, 0.25) is 5.95 Å². The number of halogens is 1. The van der Waals surface area contributed by atoms with E-state index in [1.165, 1.54) is 0 Å². The standard InChI is InChI=1S/C14H20BrN3O2/c1-19-8-9-20-7-3-2-6-18-13-5-4-11(15)10-12(13)17-14(18)16/h4-5,10H,2-3,6-9H2,1H3,(H2,16,17). The monoisotopic (exact) mass is 341 g/mol. The second-order valence-electron chi connectivity index (χ2n) is 4.57. The lowest BCUT2D eigenvalue weighted by Gasteiger charge is -2.07. The number of aryl methyl sites for hydroxylation is 1. The van der Waals surface area contributed by atoms with Crippen LogP contribution in [0.2, 0.25) is 0 Å². The fourth-order valence-electron chi connectivity index (χ4n) is 2.07. The Bertz CT molecular complexity index is 557. The van der Waals surface area contributed by atoms with E-state index < -0.39 is 0 Å². The Hall–Kier alpha value is -1.11. The first kappa shape index (κ1) is 15.3. The number of nitrogens with two attached hydrogens (primary N) is 1. The number of unbranched alkanes of at least 4 members (excludes halogenated alkanes) is 1. The van der Waals surface area contributed by atoms with Crippen LogP contribution in [0, 0.1) is 0 Å². The summed E-state index contributed by atoms with van der Waals surface area (Å²) < 4.78 is 13.4. The van der Waals surface area contributed by atoms with E-state index in [0.29, 0.717) is 19.2 Å². The van der Waals surface area contributed by atoms with Gasteiger partial charge >= 0.3 is 0 Å². The predicted molar refractivity (Wildman–Crippen MR) is 83.8 cm³/mol. The molecule has 0 aliphatic carbocycles. The SMILES string of the molecule is COCCOCCCCn1c(N)nc2cc(Br)ccc21. The molecule has 0 spiro atoms. The number of hydrogen-bond acceptors (Lipinski definition) is 4. The fraction of sp³-hybridized carbons (Fsp3) is 0.500. The van der Waals surface area contributed by atoms with E-state index in [-0.39, 0.29) is 0 Å². The van der Waals surface area contributed by atoms with E-state index in [2.05, 4.69) is 25.5 Å². The topological polar surface area (TPSA) is 62.3 Å². The van der Waals surface area contributed by atoms with Crippen LogP contribution in [-0.4, -0.2) is 36.5 Å². The fourth-order valence-corrected chi connectivity index (χ4v) is 2.42. The zero-order valence-electron chi connectivity index (χ0n) is 11.6. The Morgan fingerprint density at radius 2 is 2.10 bits per heavy atom. The molecule has 0 aliphatic rings. The van der Waals surface area contributed by atoms with E-state index in [4.69, 9.17) is 15.2 Å². The Balaban J connectivity index is 1.85. The van der Waals surface area contributed by atoms with Crippen LogP contribution in [0.3, 0.4) is 0 Å². The first-order chi connectivity index (χ1) is 9.72. The second kappa shape index (κ2) is 7.61. The molecule has 2 N–H and O–H groups in total. The van der Waals surface area contributed by atoms with Crippen molar-refractivity contribution in [2.24, 2.45) is 0 Å². The summed E-state index contributed by atoms with van der Waals surface area (Å²) in [5.74, 6) is 0.568. The lowest BCUT2D eigenvalue weighted by Crippen LogP contribution is -2.06. The third-order valence-corrected chi connectivity index (χ3v) is 3.59. The molecule has 0 aliphatic heterocycles. The van der Waals surface area contributed by atoms with E-state index >= 15 is 0 Å². The molecule has 2 rings (SSSR count). The highest BCUT2D eigenvalue weighted by Gasteiger charge is 2.07. The number of fused-ring (bicyclic) bond motifs is 1. The lowest BCUT2D eigenvalue weighted by atomic mass is 10.3. The summed E-state index contributed by atoms with van der Waals surface area (Å²) in [7, 11) is 1.68. The van der Waals surface area contributed by atoms with Crippen molar-refractivity contribution in [2.45, 2.75) is 19.4 Å². The Morgan fingerprint density at radius 1 is 1.25 bits per heavy atom. The number of nitrogen functional groups attached to an aromatic ring is 1. The Labute approximate surface area is 127 Å². The molecule has 1 aromatic heterocycles. The summed E-state index contributed by atoms with van der Waals surface area (Å²) in [5, 5.41) is 0. The molecule has 1 aromatic carbocycles. The van der Waals surface area contributed by atoms with Crippen LogP contribution in [-0.2, 0) is 16.0 Å². The highest BCUT2D eigenvalue weighted by Crippen LogP contribution is 2.22. The van der Waals surface area contributed by atoms with Crippen LogP contribution in [0.4, 0.5) is 5.95 Å². The van der Waals surface area contributed by atoms with Crippen LogP contribution in [0.25, 0.3) is 11.0 Å². The number of anilines is 1. The largest absolute Gasteiger partial charge is 0.382 e. The molecule has 6 heteroatoms. The maximum atomic E-state index is 5.97. The summed E-state index contributed by atoms with van der Waals surface area (Å²) in [4.78, 5) is 4.38. The number of hydrogen-bond donors (Lipinski definition) is 1. The molecule has 5 nitrogen and oxygen atoms in total. The molecule has 0 amide bonds. The van der Waals surface area contributed by atoms with Crippen LogP contribution in [0.5, 0.6) is 0 Å². The maximum Gasteiger partial charge on any atom is 0.201 e. The number of imidazole rings is 1. The van der Waals surface area contributed by atoms with Gasteiger partial charge in [-0.05, 0) is 31.0 Å². The van der Waals surface area contributed by atoms with Gasteiger partial charge in [0.1, 0.15) is 0 Å². The normalized spacial score (nSPS) is 11.3. The molecule has 0 radical (unpaired) electrons. The molecule has 2 aromatic rings. The van der Waals surface area contributed by atoms with E-state index in [9.17, 15) is 0 Å². The van der Waals surface area contributed by atoms with Gasteiger partial charge < -0.3 is 19.8 Å². The number of rotatable bonds is 8. The molecule has 110 valence electrons. The Kier molecular flexibility index (Phi) is 5.82. The number of benzene rings is 1. The molecule has 0 atom stereocenters. The quantitative estimate of drug-likeness (QED) is 0.750. The molecular formula is C14H20BrN3O2. The second-order valence-corrected chi connectivity index (χ2v) is 5.48. The highest BCUT2D eigenvalue weighted by molar-refractivity contribution is 9.10. The predicted octanol–water partition coefficient (Wildman–Crippen LogP) is 2.82. The lowest BCUT2D eigenvalue weighted by molar-refractivity contribution is 0.0684. The maximum absolute atomic E-state index is 5.97. The summed E-state index contributed by atoms with van der Waals surface area (Å²) in [6.45, 7) is 2.91. The molecule has 20 heavy (non-hydrogen) atoms. The molecule has 0 saturated heterocycles. The average molecular weight is 342 g/mol. The van der Waals surface area contributed by atoms with Crippen LogP contribution in [0.1, 0.15) is 12.8 Å². The van der Waals surface area contributed by atoms with Gasteiger partial charge in [-0.15, -0.1) is 0 Å². The molecule has 0 bridgehead atoms. The highest BCUT2D eigenvalue weighted by atomic mass is 79.9. The van der Waals surface area contributed by atoms with Crippen LogP contribution >= 0.6 is 15.9 Å². The number of methoxy groups -OCH3 is 1. The van der Waals surface area contributed by atoms with E-state index in [0.717, 1.165) is 41.5 Å². The molecule has 0 fully saturated rings. The van der Waals surface area contributed by atoms with Crippen LogP contribution in [0.15, 0.2) is 22.7 Å². The summed E-state index contributed by atoms with van der Waals surface area (Å²) in [5.41, 5.74) is 7.97. The van der Waals surface area contributed by atoms with Gasteiger partial charge in [-0.1, -0.05) is 15.9 Å². The molecule has 0 saturated carbocycles. The number of nitrogens with zero attached hydrogens (tertiary/aromatic N) is 2. The van der Waals surface area contributed by atoms with Gasteiger partial charge in [0.15, 0.2) is 0 Å². The smallest absolute Gasteiger partial charge is 0.201 e. The first-order valence-electron chi connectivity index (χ1n) is 6.70. The zero-order chi connectivity index (χ0) is 14.4. The van der Waals surface area contributed by atoms with Crippen molar-refractivity contribution < 1.29 is 9.47 Å². The van der Waals surface area contributed by atoms with Gasteiger partial charge in [-0.2, -0.15) is 0 Å². The van der Waals surface area contributed by atoms with Crippen molar-refractivity contribution in [3.8, 4) is 0 Å². The number of aromatic nitrogens is 2. The van der Waals surface area contributed by atoms with Crippen molar-refractivity contribution in [1.82, 2.24) is 9.55 Å². The van der Waals surface area contributed by atoms with Gasteiger partial charge in [0.25, 0.3) is 0 Å². The zero-order valence-corrected chi connectivity index (χ0v) is 13.2. The summed E-state index contributed by atoms with van der Waals surface area (Å²) >= 11 is 3.44. The third-order valence-electron chi connectivity index (χ3n) is 3.09. The average Bonchev–Trinajstić information content (AvgIpc) is 2.73. The van der Waals surface area contributed by atoms with Crippen molar-refractivity contribution in [2.75, 3.05) is 32.7 Å². The van der Waals surface area contributed by atoms with Gasteiger partial charge in [-0.25, -0.2) is 4.98 Å². The minimum atomic E-state index is 0.568. The van der Waals surface area contributed by atoms with Crippen molar-refractivity contribution >= 4 is 32.9 Å². The molecular weight excluding hydrogens is 322 g/mol. The minimum Gasteiger partial charge on any atom is -0.382 e. The van der Waals surface area contributed by atoms with Gasteiger partial charge in [-0.3, -0.25) is 0 Å². The first-order valence-corrected chi connectivity index (χ1v) is 7.49. The third kappa shape index (κ3) is 3.94.